The van der Waals surface area contributed by atoms with Crippen molar-refractivity contribution >= 4 is 22.9 Å². The van der Waals surface area contributed by atoms with Gasteiger partial charge in [-0.3, -0.25) is 9.59 Å². The number of allylic oxidation sites excluding steroid dienone is 2. The van der Waals surface area contributed by atoms with Crippen molar-refractivity contribution < 1.29 is 14.3 Å². The van der Waals surface area contributed by atoms with E-state index in [9.17, 15) is 9.59 Å². The van der Waals surface area contributed by atoms with Crippen LogP contribution in [-0.2, 0) is 4.74 Å². The molecule has 0 spiro atoms. The number of rotatable bonds is 11. The summed E-state index contributed by atoms with van der Waals surface area (Å²) >= 11 is 1.21. The minimum absolute atomic E-state index is 0.137. The highest BCUT2D eigenvalue weighted by Crippen LogP contribution is 2.31. The molecular weight excluding hydrogens is 322 g/mol. The van der Waals surface area contributed by atoms with Gasteiger partial charge in [0, 0.05) is 5.57 Å². The minimum Gasteiger partial charge on any atom is -0.492 e. The van der Waals surface area contributed by atoms with Crippen LogP contribution in [0.2, 0.25) is 0 Å². The Balaban J connectivity index is 1.79. The SMILES string of the molecule is CCCCCCCCCCCC1=C(OC)C(=O)c2scnc2C1=O. The summed E-state index contributed by atoms with van der Waals surface area (Å²) in [5.74, 6) is -0.112. The maximum Gasteiger partial charge on any atom is 0.240 e. The lowest BCUT2D eigenvalue weighted by molar-refractivity contribution is 0.0904. The molecule has 0 radical (unpaired) electrons. The first-order valence-electron chi connectivity index (χ1n) is 9.00. The van der Waals surface area contributed by atoms with Gasteiger partial charge in [0.15, 0.2) is 5.76 Å². The number of unbranched alkanes of at least 4 members (excludes halogenated alkanes) is 8. The van der Waals surface area contributed by atoms with Gasteiger partial charge in [-0.2, -0.15) is 0 Å². The van der Waals surface area contributed by atoms with Crippen molar-refractivity contribution in [1.82, 2.24) is 4.98 Å². The monoisotopic (exact) mass is 349 g/mol. The average molecular weight is 349 g/mol. The molecule has 0 unspecified atom stereocenters. The third kappa shape index (κ3) is 4.53. The van der Waals surface area contributed by atoms with Crippen molar-refractivity contribution in [2.45, 2.75) is 71.1 Å². The van der Waals surface area contributed by atoms with Gasteiger partial charge in [0.05, 0.1) is 12.6 Å². The third-order valence-electron chi connectivity index (χ3n) is 4.48. The predicted molar refractivity (Wildman–Crippen MR) is 96.7 cm³/mol. The van der Waals surface area contributed by atoms with Gasteiger partial charge in [0.1, 0.15) is 10.6 Å². The van der Waals surface area contributed by atoms with Crippen LogP contribution in [0, 0.1) is 0 Å². The summed E-state index contributed by atoms with van der Waals surface area (Å²) in [6.45, 7) is 2.23. The van der Waals surface area contributed by atoms with E-state index < -0.39 is 0 Å². The van der Waals surface area contributed by atoms with Crippen LogP contribution in [0.25, 0.3) is 0 Å². The van der Waals surface area contributed by atoms with Crippen molar-refractivity contribution in [3.63, 3.8) is 0 Å². The molecule has 24 heavy (non-hydrogen) atoms. The van der Waals surface area contributed by atoms with Gasteiger partial charge >= 0.3 is 0 Å². The number of thiazole rings is 1. The van der Waals surface area contributed by atoms with Crippen LogP contribution in [0.15, 0.2) is 16.8 Å². The van der Waals surface area contributed by atoms with Crippen LogP contribution in [0.5, 0.6) is 0 Å². The van der Waals surface area contributed by atoms with Crippen molar-refractivity contribution in [3.8, 4) is 0 Å². The Morgan fingerprint density at radius 2 is 1.58 bits per heavy atom. The van der Waals surface area contributed by atoms with Crippen LogP contribution in [0.4, 0.5) is 0 Å². The van der Waals surface area contributed by atoms with Gasteiger partial charge in [-0.15, -0.1) is 11.3 Å². The molecular formula is C19H27NO3S. The standard InChI is InChI=1S/C19H27NO3S/c1-3-4-5-6-7-8-9-10-11-12-14-16(21)15-19(24-13-20-15)17(22)18(14)23-2/h13H,3-12H2,1-2H3. The summed E-state index contributed by atoms with van der Waals surface area (Å²) in [5, 5.41) is 0. The second-order valence-electron chi connectivity index (χ2n) is 6.28. The quantitative estimate of drug-likeness (QED) is 0.506. The van der Waals surface area contributed by atoms with E-state index in [1.807, 2.05) is 0 Å². The van der Waals surface area contributed by atoms with Gasteiger partial charge in [-0.1, -0.05) is 58.3 Å². The van der Waals surface area contributed by atoms with E-state index in [1.54, 1.807) is 5.51 Å². The summed E-state index contributed by atoms with van der Waals surface area (Å²) in [4.78, 5) is 29.3. The van der Waals surface area contributed by atoms with E-state index >= 15 is 0 Å². The van der Waals surface area contributed by atoms with E-state index in [4.69, 9.17) is 4.74 Å². The highest BCUT2D eigenvalue weighted by molar-refractivity contribution is 7.12. The number of Topliss-reactive ketones (excluding diaryl/α,β-unsaturated/α-hetero) is 2. The molecule has 2 rings (SSSR count). The molecule has 0 saturated carbocycles. The first-order valence-corrected chi connectivity index (χ1v) is 9.88. The molecule has 1 aromatic rings. The largest absolute Gasteiger partial charge is 0.492 e. The van der Waals surface area contributed by atoms with E-state index in [0.717, 1.165) is 12.8 Å². The predicted octanol–water partition coefficient (Wildman–Crippen LogP) is 5.34. The number of carbonyl (C=O) groups is 2. The van der Waals surface area contributed by atoms with E-state index in [-0.39, 0.29) is 17.3 Å². The van der Waals surface area contributed by atoms with Gasteiger partial charge in [-0.05, 0) is 12.8 Å². The summed E-state index contributed by atoms with van der Waals surface area (Å²) in [6.07, 6.45) is 11.6. The molecule has 0 fully saturated rings. The van der Waals surface area contributed by atoms with E-state index in [2.05, 4.69) is 11.9 Å². The topological polar surface area (TPSA) is 56.3 Å². The molecule has 1 aliphatic carbocycles. The Hall–Kier alpha value is -1.49. The number of methoxy groups -OCH3 is 1. The lowest BCUT2D eigenvalue weighted by Gasteiger charge is -2.16. The highest BCUT2D eigenvalue weighted by Gasteiger charge is 2.35. The van der Waals surface area contributed by atoms with Gasteiger partial charge in [0.2, 0.25) is 11.6 Å². The maximum atomic E-state index is 12.5. The fourth-order valence-electron chi connectivity index (χ4n) is 3.11. The third-order valence-corrected chi connectivity index (χ3v) is 5.30. The highest BCUT2D eigenvalue weighted by atomic mass is 32.1. The number of nitrogens with zero attached hydrogens (tertiary/aromatic N) is 1. The first-order chi connectivity index (χ1) is 11.7. The Labute approximate surface area is 148 Å². The number of carbonyl (C=O) groups excluding carboxylic acids is 2. The van der Waals surface area contributed by atoms with Crippen molar-refractivity contribution in [2.24, 2.45) is 0 Å². The fourth-order valence-corrected chi connectivity index (χ4v) is 3.83. The Morgan fingerprint density at radius 1 is 0.958 bits per heavy atom. The second kappa shape index (κ2) is 9.72. The lowest BCUT2D eigenvalue weighted by atomic mass is 9.92. The van der Waals surface area contributed by atoms with E-state index in [0.29, 0.717) is 22.6 Å². The van der Waals surface area contributed by atoms with Crippen molar-refractivity contribution in [2.75, 3.05) is 7.11 Å². The zero-order valence-corrected chi connectivity index (χ0v) is 15.5. The average Bonchev–Trinajstić information content (AvgIpc) is 3.08. The molecule has 5 heteroatoms. The Kier molecular flexibility index (Phi) is 7.63. The smallest absolute Gasteiger partial charge is 0.240 e. The zero-order valence-electron chi connectivity index (χ0n) is 14.7. The maximum absolute atomic E-state index is 12.5. The molecule has 0 saturated heterocycles. The van der Waals surface area contributed by atoms with Crippen LogP contribution < -0.4 is 0 Å². The normalized spacial score (nSPS) is 14.2. The number of aromatic nitrogens is 1. The van der Waals surface area contributed by atoms with E-state index in [1.165, 1.54) is 63.4 Å². The summed E-state index contributed by atoms with van der Waals surface area (Å²) in [7, 11) is 1.46. The molecule has 1 aromatic heterocycles. The molecule has 0 aliphatic heterocycles. The Bertz CT molecular complexity index is 604. The molecule has 132 valence electrons. The summed E-state index contributed by atoms with van der Waals surface area (Å²) in [6, 6.07) is 0. The first kappa shape index (κ1) is 18.8. The molecule has 0 amide bonds. The molecule has 1 aliphatic rings. The Morgan fingerprint density at radius 3 is 2.21 bits per heavy atom. The van der Waals surface area contributed by atoms with Gasteiger partial charge < -0.3 is 4.74 Å². The van der Waals surface area contributed by atoms with Gasteiger partial charge in [0.25, 0.3) is 0 Å². The molecule has 0 bridgehead atoms. The lowest BCUT2D eigenvalue weighted by Crippen LogP contribution is -2.22. The van der Waals surface area contributed by atoms with Crippen LogP contribution >= 0.6 is 11.3 Å². The second-order valence-corrected chi connectivity index (χ2v) is 7.13. The molecule has 0 aromatic carbocycles. The number of fused-ring (bicyclic) bond motifs is 1. The molecule has 0 N–H and O–H groups in total. The van der Waals surface area contributed by atoms with Crippen molar-refractivity contribution in [1.29, 1.82) is 0 Å². The number of hydrogen-bond donors (Lipinski definition) is 0. The van der Waals surface area contributed by atoms with Crippen LogP contribution in [0.3, 0.4) is 0 Å². The van der Waals surface area contributed by atoms with Crippen LogP contribution in [0.1, 0.15) is 91.3 Å². The van der Waals surface area contributed by atoms with Crippen molar-refractivity contribution in [3.05, 3.63) is 27.4 Å². The number of hydrogen-bond acceptors (Lipinski definition) is 5. The van der Waals surface area contributed by atoms with Crippen LogP contribution in [-0.4, -0.2) is 23.7 Å². The zero-order chi connectivity index (χ0) is 17.4. The summed E-state index contributed by atoms with van der Waals surface area (Å²) < 4.78 is 5.23. The molecule has 0 atom stereocenters. The fraction of sp³-hybridized carbons (Fsp3) is 0.632. The summed E-state index contributed by atoms with van der Waals surface area (Å²) in [5.41, 5.74) is 2.36. The molecule has 4 nitrogen and oxygen atoms in total. The minimum atomic E-state index is -0.194. The molecule has 1 heterocycles. The van der Waals surface area contributed by atoms with Gasteiger partial charge in [-0.25, -0.2) is 4.98 Å². The number of ether oxygens (including phenoxy) is 1. The number of ketones is 2.